The summed E-state index contributed by atoms with van der Waals surface area (Å²) in [5, 5.41) is 7.18. The van der Waals surface area contributed by atoms with Crippen LogP contribution < -0.4 is 10.6 Å². The quantitative estimate of drug-likeness (QED) is 0.264. The van der Waals surface area contributed by atoms with Crippen molar-refractivity contribution in [1.82, 2.24) is 15.6 Å². The van der Waals surface area contributed by atoms with Gasteiger partial charge in [-0.2, -0.15) is 13.2 Å². The van der Waals surface area contributed by atoms with Crippen LogP contribution in [0.15, 0.2) is 28.6 Å². The molecule has 0 saturated heterocycles. The number of guanidine groups is 1. The van der Waals surface area contributed by atoms with Crippen molar-refractivity contribution in [2.45, 2.75) is 25.9 Å². The lowest BCUT2D eigenvalue weighted by Crippen LogP contribution is -2.36. The highest BCUT2D eigenvalue weighted by Gasteiger charge is 2.33. The van der Waals surface area contributed by atoms with Crippen LogP contribution in [0.5, 0.6) is 0 Å². The SMILES string of the molecule is CN=C(NCc1ccc(F)c(COC)c1)NCc1nc(C(F)(F)F)cs1.I. The van der Waals surface area contributed by atoms with Gasteiger partial charge in [0.1, 0.15) is 10.8 Å². The lowest BCUT2D eigenvalue weighted by molar-refractivity contribution is -0.140. The largest absolute Gasteiger partial charge is 0.434 e. The van der Waals surface area contributed by atoms with Gasteiger partial charge in [0.15, 0.2) is 11.7 Å². The van der Waals surface area contributed by atoms with Gasteiger partial charge >= 0.3 is 6.18 Å². The highest BCUT2D eigenvalue weighted by atomic mass is 127. The molecule has 0 unspecified atom stereocenters. The molecule has 0 amide bonds. The zero-order valence-electron chi connectivity index (χ0n) is 14.6. The van der Waals surface area contributed by atoms with E-state index in [1.807, 2.05) is 0 Å². The van der Waals surface area contributed by atoms with Gasteiger partial charge in [-0.15, -0.1) is 35.3 Å². The second-order valence-corrected chi connectivity index (χ2v) is 6.20. The van der Waals surface area contributed by atoms with Crippen molar-refractivity contribution in [3.8, 4) is 0 Å². The molecule has 150 valence electrons. The molecule has 1 aromatic carbocycles. The van der Waals surface area contributed by atoms with Gasteiger partial charge in [0.2, 0.25) is 0 Å². The molecular weight excluding hydrogens is 499 g/mol. The van der Waals surface area contributed by atoms with Crippen LogP contribution in [0.4, 0.5) is 17.6 Å². The van der Waals surface area contributed by atoms with Gasteiger partial charge in [-0.1, -0.05) is 6.07 Å². The van der Waals surface area contributed by atoms with E-state index in [9.17, 15) is 17.6 Å². The average Bonchev–Trinajstić information content (AvgIpc) is 3.07. The van der Waals surface area contributed by atoms with E-state index in [1.165, 1.54) is 13.2 Å². The lowest BCUT2D eigenvalue weighted by atomic mass is 10.1. The Morgan fingerprint density at radius 3 is 2.56 bits per heavy atom. The first-order chi connectivity index (χ1) is 12.3. The van der Waals surface area contributed by atoms with Crippen LogP contribution in [-0.4, -0.2) is 25.1 Å². The fraction of sp³-hybridized carbons (Fsp3) is 0.375. The molecule has 0 saturated carbocycles. The van der Waals surface area contributed by atoms with E-state index in [0.29, 0.717) is 23.1 Å². The molecule has 0 fully saturated rings. The minimum atomic E-state index is -4.45. The first-order valence-electron chi connectivity index (χ1n) is 7.56. The third-order valence-corrected chi connectivity index (χ3v) is 4.19. The highest BCUT2D eigenvalue weighted by molar-refractivity contribution is 14.0. The first-order valence-corrected chi connectivity index (χ1v) is 8.43. The number of ether oxygens (including phenoxy) is 1. The summed E-state index contributed by atoms with van der Waals surface area (Å²) in [7, 11) is 3.03. The predicted octanol–water partition coefficient (Wildman–Crippen LogP) is 3.93. The number of nitrogens with one attached hydrogen (secondary N) is 2. The number of halogens is 5. The number of hydrogen-bond donors (Lipinski definition) is 2. The Morgan fingerprint density at radius 1 is 1.26 bits per heavy atom. The number of aliphatic imine (C=N–C) groups is 1. The van der Waals surface area contributed by atoms with Gasteiger partial charge in [-0.25, -0.2) is 9.37 Å². The van der Waals surface area contributed by atoms with Gasteiger partial charge in [0, 0.05) is 31.6 Å². The molecule has 5 nitrogen and oxygen atoms in total. The number of thiazole rings is 1. The van der Waals surface area contributed by atoms with Crippen molar-refractivity contribution >= 4 is 41.3 Å². The third-order valence-electron chi connectivity index (χ3n) is 3.34. The van der Waals surface area contributed by atoms with Gasteiger partial charge in [0.05, 0.1) is 13.2 Å². The Labute approximate surface area is 175 Å². The Kier molecular flexibility index (Phi) is 9.39. The number of nitrogens with zero attached hydrogens (tertiary/aromatic N) is 2. The van der Waals surface area contributed by atoms with Crippen LogP contribution in [-0.2, 0) is 30.6 Å². The maximum absolute atomic E-state index is 13.6. The van der Waals surface area contributed by atoms with E-state index < -0.39 is 11.9 Å². The summed E-state index contributed by atoms with van der Waals surface area (Å²) >= 11 is 0.920. The number of methoxy groups -OCH3 is 1. The smallest absolute Gasteiger partial charge is 0.380 e. The minimum Gasteiger partial charge on any atom is -0.380 e. The molecule has 11 heteroatoms. The molecule has 0 aliphatic heterocycles. The van der Waals surface area contributed by atoms with Gasteiger partial charge in [-0.3, -0.25) is 4.99 Å². The van der Waals surface area contributed by atoms with E-state index >= 15 is 0 Å². The predicted molar refractivity (Wildman–Crippen MR) is 107 cm³/mol. The zero-order chi connectivity index (χ0) is 19.2. The van der Waals surface area contributed by atoms with Gasteiger partial charge in [-0.05, 0) is 17.7 Å². The highest BCUT2D eigenvalue weighted by Crippen LogP contribution is 2.29. The fourth-order valence-electron chi connectivity index (χ4n) is 2.09. The molecule has 0 aliphatic rings. The van der Waals surface area contributed by atoms with Crippen molar-refractivity contribution in [2.24, 2.45) is 4.99 Å². The van der Waals surface area contributed by atoms with E-state index in [-0.39, 0.29) is 42.9 Å². The Morgan fingerprint density at radius 2 is 1.96 bits per heavy atom. The summed E-state index contributed by atoms with van der Waals surface area (Å²) in [5.74, 6) is 0.0497. The van der Waals surface area contributed by atoms with Gasteiger partial charge < -0.3 is 15.4 Å². The topological polar surface area (TPSA) is 58.5 Å². The molecule has 0 atom stereocenters. The second kappa shape index (κ2) is 10.8. The normalized spacial score (nSPS) is 11.9. The Balaban J connectivity index is 0.00000364. The van der Waals surface area contributed by atoms with E-state index in [4.69, 9.17) is 4.74 Å². The lowest BCUT2D eigenvalue weighted by Gasteiger charge is -2.12. The van der Waals surface area contributed by atoms with Crippen molar-refractivity contribution < 1.29 is 22.3 Å². The van der Waals surface area contributed by atoms with Crippen LogP contribution in [0.25, 0.3) is 0 Å². The van der Waals surface area contributed by atoms with Crippen LogP contribution in [0.2, 0.25) is 0 Å². The number of alkyl halides is 3. The van der Waals surface area contributed by atoms with Crippen molar-refractivity contribution in [1.29, 1.82) is 0 Å². The molecular formula is C16H19F4IN4OS. The molecule has 1 aromatic heterocycles. The van der Waals surface area contributed by atoms with Crippen LogP contribution in [0, 0.1) is 5.82 Å². The van der Waals surface area contributed by atoms with E-state index in [2.05, 4.69) is 20.6 Å². The van der Waals surface area contributed by atoms with Crippen molar-refractivity contribution in [3.05, 3.63) is 51.2 Å². The average molecular weight is 518 g/mol. The van der Waals surface area contributed by atoms with Crippen LogP contribution in [0.3, 0.4) is 0 Å². The molecule has 2 rings (SSSR count). The second-order valence-electron chi connectivity index (χ2n) is 5.26. The molecule has 2 aromatic rings. The van der Waals surface area contributed by atoms with Crippen molar-refractivity contribution in [2.75, 3.05) is 14.2 Å². The maximum atomic E-state index is 13.6. The number of hydrogen-bond acceptors (Lipinski definition) is 4. The van der Waals surface area contributed by atoms with Crippen LogP contribution >= 0.6 is 35.3 Å². The number of benzene rings is 1. The molecule has 2 N–H and O–H groups in total. The Bertz CT molecular complexity index is 767. The molecule has 0 spiro atoms. The van der Waals surface area contributed by atoms with Crippen molar-refractivity contribution in [3.63, 3.8) is 0 Å². The van der Waals surface area contributed by atoms with E-state index in [1.54, 1.807) is 19.2 Å². The monoisotopic (exact) mass is 518 g/mol. The first kappa shape index (κ1) is 23.6. The maximum Gasteiger partial charge on any atom is 0.434 e. The number of rotatable bonds is 6. The molecule has 1 heterocycles. The summed E-state index contributed by atoms with van der Waals surface area (Å²) in [6.45, 7) is 0.638. The third kappa shape index (κ3) is 7.22. The number of aromatic nitrogens is 1. The molecule has 0 radical (unpaired) electrons. The van der Waals surface area contributed by atoms with Gasteiger partial charge in [0.25, 0.3) is 0 Å². The molecule has 27 heavy (non-hydrogen) atoms. The summed E-state index contributed by atoms with van der Waals surface area (Å²) in [5.41, 5.74) is 0.353. The summed E-state index contributed by atoms with van der Waals surface area (Å²) in [6, 6.07) is 4.66. The molecule has 0 bridgehead atoms. The molecule has 0 aliphatic carbocycles. The summed E-state index contributed by atoms with van der Waals surface area (Å²) in [4.78, 5) is 7.54. The zero-order valence-corrected chi connectivity index (χ0v) is 17.7. The minimum absolute atomic E-state index is 0. The van der Waals surface area contributed by atoms with Crippen LogP contribution in [0.1, 0.15) is 21.8 Å². The standard InChI is InChI=1S/C16H18F4N4OS.HI/c1-21-15(23-7-14-24-13(9-26-14)16(18,19)20)22-6-10-3-4-12(17)11(5-10)8-25-2;/h3-5,9H,6-8H2,1-2H3,(H2,21,22,23);1H. The summed E-state index contributed by atoms with van der Waals surface area (Å²) < 4.78 is 56.2. The summed E-state index contributed by atoms with van der Waals surface area (Å²) in [6.07, 6.45) is -4.45. The van der Waals surface area contributed by atoms with E-state index in [0.717, 1.165) is 22.3 Å². The fourth-order valence-corrected chi connectivity index (χ4v) is 2.83. The Hall–Kier alpha value is -1.47.